The number of nitrogens with zero attached hydrogens (tertiary/aromatic N) is 5. The molecule has 0 radical (unpaired) electrons. The largest absolute Gasteiger partial charge is 0.497 e. The molecule has 11 heteroatoms. The number of morpholine rings is 2. The van der Waals surface area contributed by atoms with E-state index in [0.29, 0.717) is 51.4 Å². The van der Waals surface area contributed by atoms with Gasteiger partial charge in [-0.3, -0.25) is 5.43 Å². The topological polar surface area (TPSA) is 103 Å². The van der Waals surface area contributed by atoms with Gasteiger partial charge in [-0.2, -0.15) is 15.1 Å². The summed E-state index contributed by atoms with van der Waals surface area (Å²) >= 11 is 0. The number of aromatic nitrogens is 2. The summed E-state index contributed by atoms with van der Waals surface area (Å²) in [4.78, 5) is 13.9. The van der Waals surface area contributed by atoms with Crippen LogP contribution in [0.2, 0.25) is 0 Å². The maximum absolute atomic E-state index is 5.79. The molecular formula is C28H34N6O5. The first-order valence-corrected chi connectivity index (χ1v) is 13.1. The molecule has 3 heterocycles. The van der Waals surface area contributed by atoms with Crippen molar-refractivity contribution in [1.82, 2.24) is 9.97 Å². The minimum Gasteiger partial charge on any atom is -0.497 e. The van der Waals surface area contributed by atoms with Crippen molar-refractivity contribution in [1.29, 1.82) is 0 Å². The van der Waals surface area contributed by atoms with E-state index >= 15 is 0 Å². The van der Waals surface area contributed by atoms with Gasteiger partial charge in [0.2, 0.25) is 5.95 Å². The number of hydrogen-bond donors (Lipinski definition) is 1. The van der Waals surface area contributed by atoms with E-state index in [4.69, 9.17) is 33.7 Å². The fraction of sp³-hybridized carbons (Fsp3) is 0.393. The van der Waals surface area contributed by atoms with E-state index in [0.717, 1.165) is 54.8 Å². The van der Waals surface area contributed by atoms with Crippen LogP contribution in [0.3, 0.4) is 0 Å². The molecule has 0 amide bonds. The van der Waals surface area contributed by atoms with Crippen LogP contribution < -0.4 is 29.4 Å². The smallest absolute Gasteiger partial charge is 0.229 e. The van der Waals surface area contributed by atoms with Crippen molar-refractivity contribution in [3.05, 3.63) is 60.2 Å². The number of benzene rings is 2. The van der Waals surface area contributed by atoms with Gasteiger partial charge in [0.25, 0.3) is 0 Å². The lowest BCUT2D eigenvalue weighted by molar-refractivity contribution is 0.121. The quantitative estimate of drug-likeness (QED) is 0.224. The molecule has 11 nitrogen and oxygen atoms in total. The molecule has 0 unspecified atom stereocenters. The second-order valence-electron chi connectivity index (χ2n) is 8.92. The van der Waals surface area contributed by atoms with Gasteiger partial charge in [-0.05, 0) is 54.1 Å². The lowest BCUT2D eigenvalue weighted by atomic mass is 10.2. The Morgan fingerprint density at radius 2 is 1.36 bits per heavy atom. The molecule has 3 aromatic rings. The summed E-state index contributed by atoms with van der Waals surface area (Å²) in [6, 6.07) is 17.1. The van der Waals surface area contributed by atoms with Gasteiger partial charge < -0.3 is 33.5 Å². The first-order valence-electron chi connectivity index (χ1n) is 13.1. The highest BCUT2D eigenvalue weighted by Gasteiger charge is 2.19. The van der Waals surface area contributed by atoms with Crippen LogP contribution in [0.4, 0.5) is 17.6 Å². The van der Waals surface area contributed by atoms with Crippen molar-refractivity contribution in [3.8, 4) is 17.2 Å². The Hall–Kier alpha value is -4.09. The predicted molar refractivity (Wildman–Crippen MR) is 150 cm³/mol. The molecule has 2 aliphatic heterocycles. The third-order valence-electron chi connectivity index (χ3n) is 6.28. The zero-order valence-corrected chi connectivity index (χ0v) is 22.1. The molecule has 0 bridgehead atoms. The van der Waals surface area contributed by atoms with Crippen LogP contribution in [0.15, 0.2) is 59.7 Å². The Bertz CT molecular complexity index is 1160. The molecule has 5 rings (SSSR count). The summed E-state index contributed by atoms with van der Waals surface area (Å²) in [6.07, 6.45) is 1.75. The van der Waals surface area contributed by atoms with Gasteiger partial charge in [0.1, 0.15) is 36.3 Å². The minimum absolute atomic E-state index is 0.436. The monoisotopic (exact) mass is 534 g/mol. The highest BCUT2D eigenvalue weighted by molar-refractivity contribution is 5.80. The van der Waals surface area contributed by atoms with Crippen LogP contribution in [0.25, 0.3) is 0 Å². The zero-order valence-electron chi connectivity index (χ0n) is 22.1. The number of anilines is 3. The van der Waals surface area contributed by atoms with Crippen molar-refractivity contribution in [3.63, 3.8) is 0 Å². The molecule has 2 fully saturated rings. The van der Waals surface area contributed by atoms with Gasteiger partial charge in [0.05, 0.1) is 39.8 Å². The van der Waals surface area contributed by atoms with Crippen molar-refractivity contribution in [2.75, 3.05) is 88.2 Å². The van der Waals surface area contributed by atoms with Gasteiger partial charge >= 0.3 is 0 Å². The lowest BCUT2D eigenvalue weighted by Crippen LogP contribution is -2.39. The Morgan fingerprint density at radius 1 is 0.795 bits per heavy atom. The van der Waals surface area contributed by atoms with E-state index in [1.165, 1.54) is 0 Å². The second-order valence-corrected chi connectivity index (χ2v) is 8.92. The number of rotatable bonds is 11. The number of hydrazone groups is 1. The number of ether oxygens (including phenoxy) is 5. The van der Waals surface area contributed by atoms with Gasteiger partial charge in [0, 0.05) is 32.2 Å². The van der Waals surface area contributed by atoms with Crippen molar-refractivity contribution >= 4 is 23.8 Å². The fourth-order valence-corrected chi connectivity index (χ4v) is 4.15. The lowest BCUT2D eigenvalue weighted by Gasteiger charge is -2.31. The Labute approximate surface area is 228 Å². The van der Waals surface area contributed by atoms with E-state index < -0.39 is 0 Å². The molecule has 0 spiro atoms. The molecule has 206 valence electrons. The maximum atomic E-state index is 5.79. The van der Waals surface area contributed by atoms with Gasteiger partial charge in [-0.25, -0.2) is 0 Å². The fourth-order valence-electron chi connectivity index (χ4n) is 4.15. The zero-order chi connectivity index (χ0) is 26.7. The first-order chi connectivity index (χ1) is 19.3. The Morgan fingerprint density at radius 3 is 1.97 bits per heavy atom. The normalized spacial score (nSPS) is 15.8. The molecule has 1 N–H and O–H groups in total. The molecule has 2 saturated heterocycles. The molecule has 39 heavy (non-hydrogen) atoms. The summed E-state index contributed by atoms with van der Waals surface area (Å²) in [6.45, 7) is 6.70. The van der Waals surface area contributed by atoms with Gasteiger partial charge in [-0.1, -0.05) is 0 Å². The maximum Gasteiger partial charge on any atom is 0.229 e. The van der Waals surface area contributed by atoms with E-state index in [1.807, 2.05) is 54.6 Å². The molecule has 2 aromatic carbocycles. The highest BCUT2D eigenvalue weighted by atomic mass is 16.5. The number of nitrogens with one attached hydrogen (secondary N) is 1. The van der Waals surface area contributed by atoms with E-state index in [-0.39, 0.29) is 0 Å². The van der Waals surface area contributed by atoms with Crippen molar-refractivity contribution in [2.45, 2.75) is 0 Å². The van der Waals surface area contributed by atoms with Crippen LogP contribution in [-0.2, 0) is 9.47 Å². The Balaban J connectivity index is 1.14. The standard InChI is InChI=1S/C28H34N6O5/c1-35-23-6-8-25(9-7-23)39-19-18-38-24-4-2-22(3-5-24)21-29-32-26-20-27(33-10-14-36-15-11-33)31-28(30-26)34-12-16-37-17-13-34/h2-9,20-21H,10-19H2,1H3,(H,30,31,32)/b29-21+. The molecule has 0 aliphatic carbocycles. The Kier molecular flexibility index (Phi) is 9.27. The summed E-state index contributed by atoms with van der Waals surface area (Å²) in [5, 5.41) is 4.41. The molecular weight excluding hydrogens is 500 g/mol. The molecule has 0 saturated carbocycles. The highest BCUT2D eigenvalue weighted by Crippen LogP contribution is 2.22. The van der Waals surface area contributed by atoms with E-state index in [2.05, 4.69) is 20.3 Å². The number of methoxy groups -OCH3 is 1. The molecule has 0 atom stereocenters. The van der Waals surface area contributed by atoms with Crippen LogP contribution in [-0.4, -0.2) is 89.1 Å². The third-order valence-corrected chi connectivity index (χ3v) is 6.28. The van der Waals surface area contributed by atoms with E-state index in [9.17, 15) is 0 Å². The second kappa shape index (κ2) is 13.6. The van der Waals surface area contributed by atoms with Crippen LogP contribution in [0.5, 0.6) is 17.2 Å². The van der Waals surface area contributed by atoms with Crippen LogP contribution >= 0.6 is 0 Å². The summed E-state index contributed by atoms with van der Waals surface area (Å²) < 4.78 is 27.6. The summed E-state index contributed by atoms with van der Waals surface area (Å²) in [7, 11) is 1.64. The SMILES string of the molecule is COc1ccc(OCCOc2ccc(/C=N/Nc3cc(N4CCOCC4)nc(N4CCOCC4)n3)cc2)cc1. The minimum atomic E-state index is 0.436. The van der Waals surface area contributed by atoms with Crippen LogP contribution in [0.1, 0.15) is 5.56 Å². The van der Waals surface area contributed by atoms with Crippen LogP contribution in [0, 0.1) is 0 Å². The van der Waals surface area contributed by atoms with E-state index in [1.54, 1.807) is 13.3 Å². The van der Waals surface area contributed by atoms with Crippen molar-refractivity contribution < 1.29 is 23.7 Å². The average Bonchev–Trinajstić information content (AvgIpc) is 3.01. The number of hydrogen-bond acceptors (Lipinski definition) is 11. The molecule has 2 aliphatic rings. The predicted octanol–water partition coefficient (Wildman–Crippen LogP) is 3.06. The molecule has 1 aromatic heterocycles. The summed E-state index contributed by atoms with van der Waals surface area (Å²) in [5.41, 5.74) is 4.01. The first kappa shape index (κ1) is 26.5. The van der Waals surface area contributed by atoms with Crippen molar-refractivity contribution in [2.24, 2.45) is 5.10 Å². The summed E-state index contributed by atoms with van der Waals surface area (Å²) in [5.74, 6) is 4.52. The average molecular weight is 535 g/mol. The third kappa shape index (κ3) is 7.71. The van der Waals surface area contributed by atoms with Gasteiger partial charge in [0.15, 0.2) is 5.82 Å². The van der Waals surface area contributed by atoms with Gasteiger partial charge in [-0.15, -0.1) is 0 Å².